The Morgan fingerprint density at radius 2 is 2.33 bits per heavy atom. The van der Waals surface area contributed by atoms with E-state index in [1.807, 2.05) is 6.92 Å². The summed E-state index contributed by atoms with van der Waals surface area (Å²) in [5.74, 6) is 0.269. The summed E-state index contributed by atoms with van der Waals surface area (Å²) in [4.78, 5) is 12.1. The van der Waals surface area contributed by atoms with Crippen molar-refractivity contribution in [1.82, 2.24) is 10.5 Å². The minimum Gasteiger partial charge on any atom is -0.396 e. The van der Waals surface area contributed by atoms with E-state index in [1.54, 1.807) is 14.0 Å². The maximum absolute atomic E-state index is 12.1. The zero-order valence-electron chi connectivity index (χ0n) is 11.0. The second-order valence-electron chi connectivity index (χ2n) is 4.05. The fraction of sp³-hybridized carbons (Fsp3) is 0.667. The van der Waals surface area contributed by atoms with Crippen LogP contribution in [0.25, 0.3) is 0 Å². The predicted molar refractivity (Wildman–Crippen MR) is 65.5 cm³/mol. The molecule has 1 heterocycles. The van der Waals surface area contributed by atoms with Crippen molar-refractivity contribution in [3.63, 3.8) is 0 Å². The molecule has 1 unspecified atom stereocenters. The summed E-state index contributed by atoms with van der Waals surface area (Å²) in [7, 11) is 1.55. The van der Waals surface area contributed by atoms with E-state index in [0.717, 1.165) is 0 Å². The van der Waals surface area contributed by atoms with Gasteiger partial charge in [0.15, 0.2) is 0 Å². The predicted octanol–water partition coefficient (Wildman–Crippen LogP) is 0.673. The van der Waals surface area contributed by atoms with E-state index >= 15 is 0 Å². The van der Waals surface area contributed by atoms with Crippen LogP contribution in [0.2, 0.25) is 0 Å². The van der Waals surface area contributed by atoms with Crippen LogP contribution in [0.3, 0.4) is 0 Å². The molecule has 102 valence electrons. The number of carbonyl (C=O) groups excluding carboxylic acids is 1. The van der Waals surface area contributed by atoms with E-state index in [2.05, 4.69) is 10.5 Å². The monoisotopic (exact) mass is 256 g/mol. The van der Waals surface area contributed by atoms with Crippen molar-refractivity contribution >= 4 is 5.91 Å². The first kappa shape index (κ1) is 14.7. The molecule has 1 amide bonds. The summed E-state index contributed by atoms with van der Waals surface area (Å²) in [5, 5.41) is 15.6. The number of hydrogen-bond acceptors (Lipinski definition) is 5. The first-order valence-electron chi connectivity index (χ1n) is 5.99. The third-order valence-corrected chi connectivity index (χ3v) is 2.68. The van der Waals surface area contributed by atoms with Crippen LogP contribution in [0.4, 0.5) is 0 Å². The molecule has 1 aromatic rings. The number of aryl methyl sites for hydroxylation is 2. The first-order chi connectivity index (χ1) is 8.63. The molecule has 6 nitrogen and oxygen atoms in total. The van der Waals surface area contributed by atoms with Crippen molar-refractivity contribution in [3.8, 4) is 0 Å². The number of nitrogens with one attached hydrogen (secondary N) is 1. The van der Waals surface area contributed by atoms with Crippen LogP contribution in [0.15, 0.2) is 4.52 Å². The second-order valence-corrected chi connectivity index (χ2v) is 4.05. The van der Waals surface area contributed by atoms with Gasteiger partial charge in [0.2, 0.25) is 0 Å². The molecule has 0 spiro atoms. The fourth-order valence-corrected chi connectivity index (χ4v) is 1.76. The molecule has 0 radical (unpaired) electrons. The summed E-state index contributed by atoms with van der Waals surface area (Å²) < 4.78 is 10.0. The number of methoxy groups -OCH3 is 1. The normalized spacial score (nSPS) is 12.4. The third-order valence-electron chi connectivity index (χ3n) is 2.68. The van der Waals surface area contributed by atoms with Crippen LogP contribution < -0.4 is 5.32 Å². The molecule has 0 aromatic carbocycles. The van der Waals surface area contributed by atoms with Crippen LogP contribution in [-0.2, 0) is 11.2 Å². The average molecular weight is 256 g/mol. The van der Waals surface area contributed by atoms with E-state index in [-0.39, 0.29) is 18.6 Å². The molecular formula is C12H20N2O4. The molecule has 1 aromatic heterocycles. The summed E-state index contributed by atoms with van der Waals surface area (Å²) in [6.45, 7) is 3.97. The third kappa shape index (κ3) is 3.54. The van der Waals surface area contributed by atoms with Crippen LogP contribution in [0, 0.1) is 6.92 Å². The summed E-state index contributed by atoms with van der Waals surface area (Å²) >= 11 is 0. The number of aromatic nitrogens is 1. The maximum atomic E-state index is 12.1. The van der Waals surface area contributed by atoms with Crippen molar-refractivity contribution < 1.29 is 19.2 Å². The van der Waals surface area contributed by atoms with Gasteiger partial charge in [0.25, 0.3) is 5.91 Å². The van der Waals surface area contributed by atoms with Crippen molar-refractivity contribution in [2.75, 3.05) is 20.3 Å². The lowest BCUT2D eigenvalue weighted by Gasteiger charge is -2.16. The largest absolute Gasteiger partial charge is 0.396 e. The Morgan fingerprint density at radius 3 is 2.89 bits per heavy atom. The molecule has 2 N–H and O–H groups in total. The van der Waals surface area contributed by atoms with Gasteiger partial charge >= 0.3 is 0 Å². The van der Waals surface area contributed by atoms with Gasteiger partial charge in [0.05, 0.1) is 18.3 Å². The van der Waals surface area contributed by atoms with E-state index in [0.29, 0.717) is 36.5 Å². The van der Waals surface area contributed by atoms with Gasteiger partial charge in [-0.2, -0.15) is 0 Å². The van der Waals surface area contributed by atoms with Gasteiger partial charge in [-0.3, -0.25) is 4.79 Å². The summed E-state index contributed by atoms with van der Waals surface area (Å²) in [6, 6.07) is -0.216. The van der Waals surface area contributed by atoms with Crippen LogP contribution in [0.1, 0.15) is 35.2 Å². The standard InChI is InChI=1S/C12H20N2O4/c1-4-10-11(8(2)18-14-10)12(16)13-9(5-6-15)7-17-3/h9,15H,4-7H2,1-3H3,(H,13,16). The molecule has 1 atom stereocenters. The van der Waals surface area contributed by atoms with Crippen LogP contribution in [-0.4, -0.2) is 42.5 Å². The van der Waals surface area contributed by atoms with Gasteiger partial charge in [-0.15, -0.1) is 0 Å². The van der Waals surface area contributed by atoms with Gasteiger partial charge in [-0.25, -0.2) is 0 Å². The number of carbonyl (C=O) groups is 1. The SMILES string of the molecule is CCc1noc(C)c1C(=O)NC(CCO)COC. The Bertz CT molecular complexity index is 383. The number of rotatable bonds is 7. The Balaban J connectivity index is 2.76. The topological polar surface area (TPSA) is 84.6 Å². The molecule has 0 bridgehead atoms. The molecular weight excluding hydrogens is 236 g/mol. The highest BCUT2D eigenvalue weighted by molar-refractivity contribution is 5.96. The van der Waals surface area contributed by atoms with Gasteiger partial charge in [0.1, 0.15) is 11.3 Å². The molecule has 0 aliphatic heterocycles. The molecule has 0 aliphatic carbocycles. The number of hydrogen-bond donors (Lipinski definition) is 2. The highest BCUT2D eigenvalue weighted by Gasteiger charge is 2.21. The van der Waals surface area contributed by atoms with Crippen LogP contribution in [0.5, 0.6) is 0 Å². The lowest BCUT2D eigenvalue weighted by Crippen LogP contribution is -2.39. The second kappa shape index (κ2) is 7.13. The average Bonchev–Trinajstić information content (AvgIpc) is 2.71. The van der Waals surface area contributed by atoms with Crippen molar-refractivity contribution in [3.05, 3.63) is 17.0 Å². The lowest BCUT2D eigenvalue weighted by molar-refractivity contribution is 0.0876. The van der Waals surface area contributed by atoms with E-state index in [4.69, 9.17) is 14.4 Å². The van der Waals surface area contributed by atoms with Crippen LogP contribution >= 0.6 is 0 Å². The Hall–Kier alpha value is -1.40. The number of nitrogens with zero attached hydrogens (tertiary/aromatic N) is 1. The molecule has 0 aliphatic rings. The molecule has 0 saturated carbocycles. The lowest BCUT2D eigenvalue weighted by atomic mass is 10.1. The number of ether oxygens (including phenoxy) is 1. The van der Waals surface area contributed by atoms with Crippen molar-refractivity contribution in [1.29, 1.82) is 0 Å². The molecule has 6 heteroatoms. The van der Waals surface area contributed by atoms with Crippen molar-refractivity contribution in [2.24, 2.45) is 0 Å². The number of aliphatic hydroxyl groups is 1. The smallest absolute Gasteiger partial charge is 0.257 e. The number of aliphatic hydroxyl groups excluding tert-OH is 1. The van der Waals surface area contributed by atoms with Gasteiger partial charge in [0, 0.05) is 13.7 Å². The Kier molecular flexibility index (Phi) is 5.80. The van der Waals surface area contributed by atoms with Crippen molar-refractivity contribution in [2.45, 2.75) is 32.7 Å². The van der Waals surface area contributed by atoms with Gasteiger partial charge in [-0.05, 0) is 19.8 Å². The highest BCUT2D eigenvalue weighted by atomic mass is 16.5. The summed E-state index contributed by atoms with van der Waals surface area (Å²) in [6.07, 6.45) is 1.08. The van der Waals surface area contributed by atoms with Gasteiger partial charge in [-0.1, -0.05) is 12.1 Å². The van der Waals surface area contributed by atoms with E-state index in [1.165, 1.54) is 0 Å². The Labute approximate surface area is 106 Å². The maximum Gasteiger partial charge on any atom is 0.257 e. The fourth-order valence-electron chi connectivity index (χ4n) is 1.76. The highest BCUT2D eigenvalue weighted by Crippen LogP contribution is 2.14. The van der Waals surface area contributed by atoms with E-state index < -0.39 is 0 Å². The van der Waals surface area contributed by atoms with Gasteiger partial charge < -0.3 is 19.7 Å². The minimum absolute atomic E-state index is 0.00242. The molecule has 18 heavy (non-hydrogen) atoms. The summed E-state index contributed by atoms with van der Waals surface area (Å²) in [5.41, 5.74) is 1.13. The zero-order chi connectivity index (χ0) is 13.5. The van der Waals surface area contributed by atoms with E-state index in [9.17, 15) is 4.79 Å². The number of amides is 1. The quantitative estimate of drug-likeness (QED) is 0.749. The minimum atomic E-state index is -0.235. The zero-order valence-corrected chi connectivity index (χ0v) is 11.0. The first-order valence-corrected chi connectivity index (χ1v) is 5.99. The molecule has 0 fully saturated rings. The Morgan fingerprint density at radius 1 is 1.61 bits per heavy atom. The molecule has 1 rings (SSSR count). The molecule has 0 saturated heterocycles.